The van der Waals surface area contributed by atoms with Crippen LogP contribution >= 0.6 is 0 Å². The van der Waals surface area contributed by atoms with Crippen molar-refractivity contribution < 1.29 is 14.4 Å². The Bertz CT molecular complexity index is 533. The normalized spacial score (nSPS) is 36.0. The summed E-state index contributed by atoms with van der Waals surface area (Å²) < 4.78 is 5.50. The molecule has 0 aliphatic heterocycles. The third kappa shape index (κ3) is 2.91. The molecule has 0 radical (unpaired) electrons. The third-order valence-corrected chi connectivity index (χ3v) is 6.66. The minimum Gasteiger partial charge on any atom is -0.456 e. The first-order valence-electron chi connectivity index (χ1n) is 9.20. The molecule has 0 heterocycles. The van der Waals surface area contributed by atoms with Crippen molar-refractivity contribution >= 4 is 5.97 Å². The van der Waals surface area contributed by atoms with Crippen molar-refractivity contribution in [2.45, 2.75) is 44.1 Å². The fourth-order valence-electron chi connectivity index (χ4n) is 5.85. The number of likely N-dealkylation sites (N-methyl/N-ethyl adjacent to an activating group) is 1. The van der Waals surface area contributed by atoms with Crippen molar-refractivity contribution in [3.63, 3.8) is 0 Å². The van der Waals surface area contributed by atoms with Gasteiger partial charge in [0, 0.05) is 19.3 Å². The van der Waals surface area contributed by atoms with E-state index in [9.17, 15) is 4.79 Å². The van der Waals surface area contributed by atoms with E-state index >= 15 is 0 Å². The molecular weight excluding hydrogens is 286 g/mol. The molecule has 23 heavy (non-hydrogen) atoms. The van der Waals surface area contributed by atoms with E-state index in [4.69, 9.17) is 4.74 Å². The van der Waals surface area contributed by atoms with Crippen molar-refractivity contribution in [2.75, 3.05) is 20.2 Å². The van der Waals surface area contributed by atoms with E-state index in [0.29, 0.717) is 17.7 Å². The highest BCUT2D eigenvalue weighted by molar-refractivity contribution is 5.89. The number of benzene rings is 1. The molecule has 4 bridgehead atoms. The predicted molar refractivity (Wildman–Crippen MR) is 89.4 cm³/mol. The zero-order valence-corrected chi connectivity index (χ0v) is 14.1. The first-order chi connectivity index (χ1) is 11.1. The molecule has 5 rings (SSSR count). The third-order valence-electron chi connectivity index (χ3n) is 6.66. The predicted octanol–water partition coefficient (Wildman–Crippen LogP) is 2.33. The summed E-state index contributed by atoms with van der Waals surface area (Å²) in [6, 6.07) is 9.31. The summed E-state index contributed by atoms with van der Waals surface area (Å²) in [6.45, 7) is 1.46. The van der Waals surface area contributed by atoms with Crippen LogP contribution in [-0.4, -0.2) is 31.7 Å². The SMILES string of the molecule is C[NH+](CCOC(=O)c1ccccc1)C12CC3CC(CC(C3)C1)C2. The van der Waals surface area contributed by atoms with Crippen LogP contribution in [0.5, 0.6) is 0 Å². The largest absolute Gasteiger partial charge is 0.456 e. The summed E-state index contributed by atoms with van der Waals surface area (Å²) in [5.74, 6) is 2.73. The smallest absolute Gasteiger partial charge is 0.338 e. The van der Waals surface area contributed by atoms with Crippen molar-refractivity contribution in [1.82, 2.24) is 0 Å². The highest BCUT2D eigenvalue weighted by Gasteiger charge is 2.55. The van der Waals surface area contributed by atoms with Crippen LogP contribution < -0.4 is 4.90 Å². The van der Waals surface area contributed by atoms with Crippen LogP contribution in [0.4, 0.5) is 0 Å². The number of nitrogens with one attached hydrogen (secondary N) is 1. The second kappa shape index (κ2) is 5.94. The molecule has 1 unspecified atom stereocenters. The molecule has 1 aromatic carbocycles. The van der Waals surface area contributed by atoms with Crippen LogP contribution in [-0.2, 0) is 4.74 Å². The van der Waals surface area contributed by atoms with Crippen LogP contribution in [0.1, 0.15) is 48.9 Å². The van der Waals surface area contributed by atoms with Gasteiger partial charge in [-0.05, 0) is 49.1 Å². The van der Waals surface area contributed by atoms with Gasteiger partial charge in [-0.3, -0.25) is 0 Å². The summed E-state index contributed by atoms with van der Waals surface area (Å²) >= 11 is 0. The number of rotatable bonds is 5. The van der Waals surface area contributed by atoms with E-state index in [1.165, 1.54) is 38.5 Å². The maximum Gasteiger partial charge on any atom is 0.338 e. The lowest BCUT2D eigenvalue weighted by Crippen LogP contribution is -3.19. The lowest BCUT2D eigenvalue weighted by Gasteiger charge is -2.57. The Hall–Kier alpha value is -1.35. The number of hydrogen-bond acceptors (Lipinski definition) is 2. The number of esters is 1. The summed E-state index contributed by atoms with van der Waals surface area (Å²) in [7, 11) is 2.32. The van der Waals surface area contributed by atoms with E-state index in [0.717, 1.165) is 24.3 Å². The second-order valence-electron chi connectivity index (χ2n) is 8.23. The quantitative estimate of drug-likeness (QED) is 0.846. The molecule has 124 valence electrons. The van der Waals surface area contributed by atoms with Crippen molar-refractivity contribution in [1.29, 1.82) is 0 Å². The van der Waals surface area contributed by atoms with Gasteiger partial charge in [-0.15, -0.1) is 0 Å². The monoisotopic (exact) mass is 314 g/mol. The van der Waals surface area contributed by atoms with Gasteiger partial charge in [0.2, 0.25) is 0 Å². The molecule has 4 aliphatic carbocycles. The van der Waals surface area contributed by atoms with Gasteiger partial charge >= 0.3 is 5.97 Å². The Kier molecular flexibility index (Phi) is 3.92. The molecule has 1 aromatic rings. The molecule has 4 saturated carbocycles. The van der Waals surface area contributed by atoms with E-state index in [-0.39, 0.29) is 5.97 Å². The Morgan fingerprint density at radius 3 is 2.22 bits per heavy atom. The van der Waals surface area contributed by atoms with E-state index < -0.39 is 0 Å². The highest BCUT2D eigenvalue weighted by atomic mass is 16.5. The Balaban J connectivity index is 1.32. The summed E-state index contributed by atoms with van der Waals surface area (Å²) in [5, 5.41) is 0. The molecule has 1 atom stereocenters. The summed E-state index contributed by atoms with van der Waals surface area (Å²) in [6.07, 6.45) is 8.65. The Morgan fingerprint density at radius 1 is 1.09 bits per heavy atom. The lowest BCUT2D eigenvalue weighted by atomic mass is 9.52. The maximum atomic E-state index is 12.0. The zero-order valence-electron chi connectivity index (χ0n) is 14.1. The zero-order chi connectivity index (χ0) is 15.9. The van der Waals surface area contributed by atoms with Crippen LogP contribution in [0.3, 0.4) is 0 Å². The average Bonchev–Trinajstić information content (AvgIpc) is 2.54. The van der Waals surface area contributed by atoms with Gasteiger partial charge < -0.3 is 9.64 Å². The van der Waals surface area contributed by atoms with Gasteiger partial charge in [0.1, 0.15) is 13.2 Å². The Morgan fingerprint density at radius 2 is 1.65 bits per heavy atom. The molecule has 3 nitrogen and oxygen atoms in total. The minimum atomic E-state index is -0.191. The van der Waals surface area contributed by atoms with Gasteiger partial charge in [0.25, 0.3) is 0 Å². The van der Waals surface area contributed by atoms with Gasteiger partial charge in [-0.1, -0.05) is 18.2 Å². The van der Waals surface area contributed by atoms with Crippen LogP contribution in [0, 0.1) is 17.8 Å². The van der Waals surface area contributed by atoms with Gasteiger partial charge in [0.05, 0.1) is 18.2 Å². The molecule has 0 spiro atoms. The van der Waals surface area contributed by atoms with Crippen molar-refractivity contribution in [2.24, 2.45) is 17.8 Å². The number of ether oxygens (including phenoxy) is 1. The molecule has 1 N–H and O–H groups in total. The standard InChI is InChI=1S/C20H27NO2/c1-21(7-8-23-19(22)18-5-3-2-4-6-18)20-12-15-9-16(13-20)11-17(10-15)14-20/h2-6,15-17H,7-14H2,1H3/p+1. The van der Waals surface area contributed by atoms with E-state index in [1.54, 1.807) is 4.90 Å². The van der Waals surface area contributed by atoms with Crippen LogP contribution in [0.2, 0.25) is 0 Å². The van der Waals surface area contributed by atoms with Crippen molar-refractivity contribution in [3.8, 4) is 0 Å². The molecular formula is C20H28NO2+. The van der Waals surface area contributed by atoms with Gasteiger partial charge in [0.15, 0.2) is 0 Å². The molecule has 0 amide bonds. The van der Waals surface area contributed by atoms with Crippen LogP contribution in [0.15, 0.2) is 30.3 Å². The van der Waals surface area contributed by atoms with Crippen molar-refractivity contribution in [3.05, 3.63) is 35.9 Å². The first kappa shape index (κ1) is 15.2. The molecule has 0 aromatic heterocycles. The maximum absolute atomic E-state index is 12.0. The van der Waals surface area contributed by atoms with Crippen LogP contribution in [0.25, 0.3) is 0 Å². The van der Waals surface area contributed by atoms with E-state index in [2.05, 4.69) is 7.05 Å². The average molecular weight is 314 g/mol. The fourth-order valence-corrected chi connectivity index (χ4v) is 5.85. The lowest BCUT2D eigenvalue weighted by molar-refractivity contribution is -0.941. The molecule has 4 fully saturated rings. The summed E-state index contributed by atoms with van der Waals surface area (Å²) in [4.78, 5) is 13.6. The van der Waals surface area contributed by atoms with E-state index in [1.807, 2.05) is 30.3 Å². The molecule has 3 heteroatoms. The minimum absolute atomic E-state index is 0.191. The Labute approximate surface area is 139 Å². The summed E-state index contributed by atoms with van der Waals surface area (Å²) in [5.41, 5.74) is 1.13. The number of carbonyl (C=O) groups excluding carboxylic acids is 1. The number of hydrogen-bond donors (Lipinski definition) is 1. The second-order valence-corrected chi connectivity index (χ2v) is 8.23. The topological polar surface area (TPSA) is 30.7 Å². The van der Waals surface area contributed by atoms with Gasteiger partial charge in [-0.2, -0.15) is 0 Å². The first-order valence-corrected chi connectivity index (χ1v) is 9.20. The number of quaternary nitrogens is 1. The molecule has 4 aliphatic rings. The number of carbonyl (C=O) groups is 1. The van der Waals surface area contributed by atoms with Gasteiger partial charge in [-0.25, -0.2) is 4.79 Å². The molecule has 0 saturated heterocycles. The highest BCUT2D eigenvalue weighted by Crippen LogP contribution is 2.54. The fraction of sp³-hybridized carbons (Fsp3) is 0.650.